The van der Waals surface area contributed by atoms with Gasteiger partial charge >= 0.3 is 5.97 Å². The number of aliphatic hydroxyl groups excluding tert-OH is 1. The van der Waals surface area contributed by atoms with E-state index >= 15 is 0 Å². The van der Waals surface area contributed by atoms with Gasteiger partial charge in [-0.1, -0.05) is 12.1 Å². The van der Waals surface area contributed by atoms with Gasteiger partial charge in [0.15, 0.2) is 5.78 Å². The van der Waals surface area contributed by atoms with Crippen molar-refractivity contribution in [2.45, 2.75) is 13.8 Å². The summed E-state index contributed by atoms with van der Waals surface area (Å²) in [6.07, 6.45) is 0. The van der Waals surface area contributed by atoms with Crippen LogP contribution in [0.2, 0.25) is 0 Å². The number of rotatable bonds is 7. The van der Waals surface area contributed by atoms with Gasteiger partial charge < -0.3 is 20.1 Å². The lowest BCUT2D eigenvalue weighted by molar-refractivity contribution is -0.136. The third-order valence-electron chi connectivity index (χ3n) is 5.14. The zero-order chi connectivity index (χ0) is 21.8. The highest BCUT2D eigenvalue weighted by Gasteiger charge is 2.34. The Hall–Kier alpha value is -3.45. The molecule has 0 spiro atoms. The third kappa shape index (κ3) is 4.26. The second-order valence-electron chi connectivity index (χ2n) is 7.13. The molecule has 0 aliphatic carbocycles. The van der Waals surface area contributed by atoms with Crippen LogP contribution in [-0.4, -0.2) is 54.5 Å². The molecule has 0 radical (unpaired) electrons. The number of nitrogens with zero attached hydrogens (tertiary/aromatic N) is 1. The molecule has 1 amide bonds. The summed E-state index contributed by atoms with van der Waals surface area (Å²) in [6, 6.07) is 12.3. The first kappa shape index (κ1) is 21.3. The minimum atomic E-state index is -0.604. The largest absolute Gasteiger partial charge is 0.466 e. The Bertz CT molecular complexity index is 1020. The first-order valence-electron chi connectivity index (χ1n) is 9.56. The lowest BCUT2D eigenvalue weighted by atomic mass is 9.99. The summed E-state index contributed by atoms with van der Waals surface area (Å²) in [5.74, 6) is -1.09. The van der Waals surface area contributed by atoms with Crippen molar-refractivity contribution in [3.63, 3.8) is 0 Å². The van der Waals surface area contributed by atoms with E-state index in [4.69, 9.17) is 9.84 Å². The highest BCUT2D eigenvalue weighted by atomic mass is 16.5. The summed E-state index contributed by atoms with van der Waals surface area (Å²) in [7, 11) is 1.25. The number of benzene rings is 2. The highest BCUT2D eigenvalue weighted by molar-refractivity contribution is 6.10. The van der Waals surface area contributed by atoms with E-state index in [1.54, 1.807) is 30.3 Å². The molecule has 0 aromatic heterocycles. The van der Waals surface area contributed by atoms with Crippen LogP contribution in [0.25, 0.3) is 0 Å². The first-order chi connectivity index (χ1) is 14.3. The molecule has 1 aliphatic rings. The number of esters is 1. The van der Waals surface area contributed by atoms with E-state index in [0.717, 1.165) is 11.1 Å². The van der Waals surface area contributed by atoms with Crippen LogP contribution in [-0.2, 0) is 14.3 Å². The summed E-state index contributed by atoms with van der Waals surface area (Å²) in [4.78, 5) is 38.7. The number of nitrogens with one attached hydrogen (secondary N) is 1. The Morgan fingerprint density at radius 2 is 1.73 bits per heavy atom. The molecule has 30 heavy (non-hydrogen) atoms. The van der Waals surface area contributed by atoms with E-state index in [0.29, 0.717) is 16.8 Å². The van der Waals surface area contributed by atoms with Crippen molar-refractivity contribution in [3.8, 4) is 0 Å². The molecule has 2 aromatic rings. The van der Waals surface area contributed by atoms with Crippen molar-refractivity contribution in [3.05, 3.63) is 76.0 Å². The minimum absolute atomic E-state index is 0.0672. The van der Waals surface area contributed by atoms with Gasteiger partial charge in [0.2, 0.25) is 0 Å². The molecule has 1 aliphatic heterocycles. The number of ether oxygens (including phenoxy) is 1. The second-order valence-corrected chi connectivity index (χ2v) is 7.13. The van der Waals surface area contributed by atoms with E-state index in [9.17, 15) is 14.4 Å². The normalized spacial score (nSPS) is 13.6. The summed E-state index contributed by atoms with van der Waals surface area (Å²) >= 11 is 0. The van der Waals surface area contributed by atoms with Gasteiger partial charge in [-0.2, -0.15) is 0 Å². The predicted molar refractivity (Wildman–Crippen MR) is 112 cm³/mol. The average molecular weight is 408 g/mol. The van der Waals surface area contributed by atoms with Crippen molar-refractivity contribution in [2.75, 3.05) is 32.1 Å². The molecular weight excluding hydrogens is 384 g/mol. The lowest BCUT2D eigenvalue weighted by Crippen LogP contribution is -2.31. The number of β-amino-alcohol motifs (C(OH)–C–C–N with tert-alkyl or cyclic N) is 1. The molecule has 0 saturated heterocycles. The van der Waals surface area contributed by atoms with Crippen LogP contribution in [0.4, 0.5) is 5.69 Å². The molecule has 1 heterocycles. The monoisotopic (exact) mass is 408 g/mol. The molecule has 0 atom stereocenters. The Balaban J connectivity index is 1.81. The van der Waals surface area contributed by atoms with Gasteiger partial charge in [0.05, 0.1) is 25.8 Å². The Kier molecular flexibility index (Phi) is 6.32. The maximum Gasteiger partial charge on any atom is 0.337 e. The van der Waals surface area contributed by atoms with Gasteiger partial charge in [0.1, 0.15) is 5.70 Å². The molecule has 156 valence electrons. The van der Waals surface area contributed by atoms with Crippen LogP contribution in [0.5, 0.6) is 0 Å². The Labute approximate surface area is 175 Å². The number of hydrogen-bond acceptors (Lipinski definition) is 6. The fourth-order valence-electron chi connectivity index (χ4n) is 3.25. The van der Waals surface area contributed by atoms with Crippen molar-refractivity contribution >= 4 is 23.3 Å². The van der Waals surface area contributed by atoms with Crippen molar-refractivity contribution in [1.29, 1.82) is 0 Å². The third-order valence-corrected chi connectivity index (χ3v) is 5.14. The molecule has 7 heteroatoms. The Morgan fingerprint density at radius 1 is 1.07 bits per heavy atom. The average Bonchev–Trinajstić information content (AvgIpc) is 3.05. The van der Waals surface area contributed by atoms with Crippen LogP contribution in [0.3, 0.4) is 0 Å². The molecule has 7 nitrogen and oxygen atoms in total. The molecule has 0 unspecified atom stereocenters. The van der Waals surface area contributed by atoms with Gasteiger partial charge in [-0.05, 0) is 55.3 Å². The summed E-state index contributed by atoms with van der Waals surface area (Å²) in [6.45, 7) is 3.94. The fourth-order valence-corrected chi connectivity index (χ4v) is 3.25. The molecule has 2 aromatic carbocycles. The van der Waals surface area contributed by atoms with Crippen molar-refractivity contribution in [1.82, 2.24) is 4.90 Å². The number of ketones is 1. The van der Waals surface area contributed by atoms with Gasteiger partial charge in [-0.15, -0.1) is 0 Å². The van der Waals surface area contributed by atoms with Gasteiger partial charge in [-0.3, -0.25) is 9.59 Å². The van der Waals surface area contributed by atoms with E-state index in [1.807, 2.05) is 26.0 Å². The van der Waals surface area contributed by atoms with Gasteiger partial charge in [-0.25, -0.2) is 4.79 Å². The van der Waals surface area contributed by atoms with Crippen LogP contribution in [0.1, 0.15) is 27.0 Å². The fraction of sp³-hybridized carbons (Fsp3) is 0.261. The molecular formula is C23H24N2O5. The van der Waals surface area contributed by atoms with Crippen LogP contribution in [0, 0.1) is 13.8 Å². The molecule has 3 rings (SSSR count). The standard InChI is InChI=1S/C23H24N2O5/c1-14-4-5-17(12-15(14)2)21(27)16-6-8-18(9-7-16)24-20-19(23(29)30-3)13-25(10-11-26)22(20)28/h4-9,12,24,26H,10-11,13H2,1-3H3. The van der Waals surface area contributed by atoms with E-state index in [2.05, 4.69) is 5.32 Å². The summed E-state index contributed by atoms with van der Waals surface area (Å²) in [5, 5.41) is 12.1. The second kappa shape index (κ2) is 8.92. The zero-order valence-corrected chi connectivity index (χ0v) is 17.2. The molecule has 0 fully saturated rings. The van der Waals surface area contributed by atoms with E-state index in [1.165, 1.54) is 12.0 Å². The van der Waals surface area contributed by atoms with Crippen molar-refractivity contribution in [2.24, 2.45) is 0 Å². The van der Waals surface area contributed by atoms with E-state index in [-0.39, 0.29) is 42.7 Å². The highest BCUT2D eigenvalue weighted by Crippen LogP contribution is 2.23. The quantitative estimate of drug-likeness (QED) is 0.539. The first-order valence-corrected chi connectivity index (χ1v) is 9.56. The maximum atomic E-state index is 12.7. The number of amides is 1. The molecule has 0 bridgehead atoms. The topological polar surface area (TPSA) is 95.9 Å². The smallest absolute Gasteiger partial charge is 0.337 e. The van der Waals surface area contributed by atoms with Crippen LogP contribution in [0.15, 0.2) is 53.7 Å². The van der Waals surface area contributed by atoms with Crippen molar-refractivity contribution < 1.29 is 24.2 Å². The summed E-state index contributed by atoms with van der Waals surface area (Å²) in [5.41, 5.74) is 4.17. The SMILES string of the molecule is COC(=O)C1=C(Nc2ccc(C(=O)c3ccc(C)c(C)c3)cc2)C(=O)N(CCO)C1. The number of carbonyl (C=O) groups is 3. The number of carbonyl (C=O) groups excluding carboxylic acids is 3. The maximum absolute atomic E-state index is 12.7. The summed E-state index contributed by atoms with van der Waals surface area (Å²) < 4.78 is 4.77. The Morgan fingerprint density at radius 3 is 2.33 bits per heavy atom. The minimum Gasteiger partial charge on any atom is -0.466 e. The van der Waals surface area contributed by atoms with Crippen LogP contribution >= 0.6 is 0 Å². The lowest BCUT2D eigenvalue weighted by Gasteiger charge is -2.15. The van der Waals surface area contributed by atoms with E-state index < -0.39 is 5.97 Å². The zero-order valence-electron chi connectivity index (χ0n) is 17.2. The molecule has 2 N–H and O–H groups in total. The van der Waals surface area contributed by atoms with Gasteiger partial charge in [0.25, 0.3) is 5.91 Å². The predicted octanol–water partition coefficient (Wildman–Crippen LogP) is 2.21. The number of aryl methyl sites for hydroxylation is 2. The number of methoxy groups -OCH3 is 1. The number of aliphatic hydroxyl groups is 1. The van der Waals surface area contributed by atoms with Crippen LogP contribution < -0.4 is 5.32 Å². The van der Waals surface area contributed by atoms with Gasteiger partial charge in [0, 0.05) is 23.4 Å². The molecule has 0 saturated carbocycles. The number of anilines is 1. The number of hydrogen-bond donors (Lipinski definition) is 2.